The number of hydrogen-bond acceptors (Lipinski definition) is 4. The summed E-state index contributed by atoms with van der Waals surface area (Å²) >= 11 is 0. The Morgan fingerprint density at radius 1 is 1.55 bits per heavy atom. The van der Waals surface area contributed by atoms with Gasteiger partial charge in [0.1, 0.15) is 0 Å². The van der Waals surface area contributed by atoms with E-state index in [1.54, 1.807) is 7.05 Å². The first-order chi connectivity index (χ1) is 5.09. The molecule has 5 nitrogen and oxygen atoms in total. The minimum absolute atomic E-state index is 0.330. The van der Waals surface area contributed by atoms with E-state index in [1.165, 1.54) is 4.68 Å². The predicted octanol–water partition coefficient (Wildman–Crippen LogP) is 0.218. The maximum absolute atomic E-state index is 5.47. The van der Waals surface area contributed by atoms with E-state index in [1.807, 2.05) is 13.8 Å². The fourth-order valence-electron chi connectivity index (χ4n) is 0.716. The van der Waals surface area contributed by atoms with Crippen molar-refractivity contribution in [1.82, 2.24) is 14.8 Å². The van der Waals surface area contributed by atoms with Crippen molar-refractivity contribution in [3.8, 4) is 0 Å². The fraction of sp³-hybridized carbons (Fsp3) is 0.667. The average molecular weight is 155 g/mol. The van der Waals surface area contributed by atoms with Crippen LogP contribution in [0.5, 0.6) is 0 Å². The summed E-state index contributed by atoms with van der Waals surface area (Å²) in [6.45, 7) is 4.04. The third kappa shape index (κ3) is 1.83. The van der Waals surface area contributed by atoms with Crippen LogP contribution in [-0.4, -0.2) is 20.8 Å². The Kier molecular flexibility index (Phi) is 1.98. The van der Waals surface area contributed by atoms with E-state index in [0.29, 0.717) is 17.9 Å². The quantitative estimate of drug-likeness (QED) is 0.641. The monoisotopic (exact) mass is 155 g/mol. The molecule has 1 rings (SSSR count). The van der Waals surface area contributed by atoms with E-state index >= 15 is 0 Å². The van der Waals surface area contributed by atoms with Crippen LogP contribution in [0, 0.1) is 0 Å². The highest BCUT2D eigenvalue weighted by Gasteiger charge is 2.02. The Bertz CT molecular complexity index is 220. The van der Waals surface area contributed by atoms with Crippen molar-refractivity contribution in [3.63, 3.8) is 0 Å². The zero-order chi connectivity index (χ0) is 8.43. The summed E-state index contributed by atoms with van der Waals surface area (Å²) in [5.41, 5.74) is 5.47. The Hall–Kier alpha value is -1.26. The molecule has 0 spiro atoms. The summed E-state index contributed by atoms with van der Waals surface area (Å²) in [6.07, 6.45) is 0. The van der Waals surface area contributed by atoms with Crippen molar-refractivity contribution in [2.45, 2.75) is 19.9 Å². The number of nitrogens with two attached hydrogens (primary N) is 1. The van der Waals surface area contributed by atoms with Crippen LogP contribution in [0.3, 0.4) is 0 Å². The van der Waals surface area contributed by atoms with Gasteiger partial charge in [0.2, 0.25) is 11.9 Å². The highest BCUT2D eigenvalue weighted by Crippen LogP contribution is 2.03. The first-order valence-corrected chi connectivity index (χ1v) is 3.52. The van der Waals surface area contributed by atoms with Gasteiger partial charge in [0.25, 0.3) is 0 Å². The Labute approximate surface area is 65.6 Å². The molecular formula is C6H13N5. The van der Waals surface area contributed by atoms with Crippen molar-refractivity contribution in [2.75, 3.05) is 11.1 Å². The number of nitrogens with one attached hydrogen (secondary N) is 1. The molecule has 0 fully saturated rings. The standard InChI is InChI=1S/C6H13N5/c1-4(2)8-6-9-5(7)11(3)10-6/h4H,1-3H3,(H3,7,8,9,10). The van der Waals surface area contributed by atoms with Crippen LogP contribution >= 0.6 is 0 Å². The molecule has 0 atom stereocenters. The molecule has 1 heterocycles. The van der Waals surface area contributed by atoms with Crippen LogP contribution in [0.25, 0.3) is 0 Å². The Morgan fingerprint density at radius 3 is 2.55 bits per heavy atom. The number of anilines is 2. The van der Waals surface area contributed by atoms with Gasteiger partial charge in [-0.15, -0.1) is 5.10 Å². The summed E-state index contributed by atoms with van der Waals surface area (Å²) in [4.78, 5) is 3.97. The van der Waals surface area contributed by atoms with Gasteiger partial charge >= 0.3 is 0 Å². The number of rotatable bonds is 2. The Morgan fingerprint density at radius 2 is 2.18 bits per heavy atom. The van der Waals surface area contributed by atoms with E-state index in [4.69, 9.17) is 5.73 Å². The number of nitrogen functional groups attached to an aromatic ring is 1. The van der Waals surface area contributed by atoms with Gasteiger partial charge in [-0.25, -0.2) is 4.68 Å². The van der Waals surface area contributed by atoms with E-state index < -0.39 is 0 Å². The molecule has 5 heteroatoms. The first kappa shape index (κ1) is 7.84. The second kappa shape index (κ2) is 2.77. The largest absolute Gasteiger partial charge is 0.368 e. The van der Waals surface area contributed by atoms with Crippen molar-refractivity contribution < 1.29 is 0 Å². The van der Waals surface area contributed by atoms with E-state index in [-0.39, 0.29) is 0 Å². The second-order valence-electron chi connectivity index (χ2n) is 2.72. The fourth-order valence-corrected chi connectivity index (χ4v) is 0.716. The van der Waals surface area contributed by atoms with Crippen molar-refractivity contribution in [3.05, 3.63) is 0 Å². The minimum Gasteiger partial charge on any atom is -0.368 e. The lowest BCUT2D eigenvalue weighted by Gasteiger charge is -2.02. The number of nitrogens with zero attached hydrogens (tertiary/aromatic N) is 3. The normalized spacial score (nSPS) is 10.5. The third-order valence-corrected chi connectivity index (χ3v) is 1.21. The molecule has 1 aromatic heterocycles. The predicted molar refractivity (Wildman–Crippen MR) is 44.2 cm³/mol. The molecule has 0 saturated heterocycles. The van der Waals surface area contributed by atoms with Crippen LogP contribution < -0.4 is 11.1 Å². The van der Waals surface area contributed by atoms with Gasteiger partial charge in [0, 0.05) is 13.1 Å². The summed E-state index contributed by atoms with van der Waals surface area (Å²) in [5.74, 6) is 1.01. The van der Waals surface area contributed by atoms with Gasteiger partial charge in [-0.2, -0.15) is 4.98 Å². The summed E-state index contributed by atoms with van der Waals surface area (Å²) in [7, 11) is 1.76. The summed E-state index contributed by atoms with van der Waals surface area (Å²) in [6, 6.07) is 0.330. The zero-order valence-corrected chi connectivity index (χ0v) is 7.00. The van der Waals surface area contributed by atoms with Gasteiger partial charge in [-0.1, -0.05) is 0 Å². The molecule has 62 valence electrons. The van der Waals surface area contributed by atoms with Gasteiger partial charge in [0.15, 0.2) is 0 Å². The highest BCUT2D eigenvalue weighted by atomic mass is 15.4. The molecule has 0 unspecified atom stereocenters. The van der Waals surface area contributed by atoms with Crippen LogP contribution in [0.4, 0.5) is 11.9 Å². The number of aromatic nitrogens is 3. The van der Waals surface area contributed by atoms with Crippen LogP contribution in [0.2, 0.25) is 0 Å². The average Bonchev–Trinajstić information content (AvgIpc) is 2.10. The number of hydrogen-bond donors (Lipinski definition) is 2. The lowest BCUT2D eigenvalue weighted by atomic mass is 10.4. The summed E-state index contributed by atoms with van der Waals surface area (Å²) in [5, 5.41) is 7.06. The SMILES string of the molecule is CC(C)Nc1nc(N)n(C)n1. The van der Waals surface area contributed by atoms with Crippen molar-refractivity contribution in [1.29, 1.82) is 0 Å². The maximum Gasteiger partial charge on any atom is 0.244 e. The van der Waals surface area contributed by atoms with E-state index in [0.717, 1.165) is 0 Å². The molecule has 0 bridgehead atoms. The molecule has 1 aromatic rings. The molecule has 0 amide bonds. The molecule has 0 radical (unpaired) electrons. The third-order valence-electron chi connectivity index (χ3n) is 1.21. The topological polar surface area (TPSA) is 68.8 Å². The van der Waals surface area contributed by atoms with Gasteiger partial charge in [-0.05, 0) is 13.8 Å². The molecule has 0 aromatic carbocycles. The van der Waals surface area contributed by atoms with Crippen LogP contribution in [-0.2, 0) is 7.05 Å². The lowest BCUT2D eigenvalue weighted by Crippen LogP contribution is -2.11. The second-order valence-corrected chi connectivity index (χ2v) is 2.72. The van der Waals surface area contributed by atoms with Crippen molar-refractivity contribution >= 4 is 11.9 Å². The van der Waals surface area contributed by atoms with Gasteiger partial charge < -0.3 is 11.1 Å². The minimum atomic E-state index is 0.330. The Balaban J connectivity index is 2.73. The lowest BCUT2D eigenvalue weighted by molar-refractivity contribution is 0.771. The number of aryl methyl sites for hydroxylation is 1. The van der Waals surface area contributed by atoms with Crippen molar-refractivity contribution in [2.24, 2.45) is 7.05 Å². The smallest absolute Gasteiger partial charge is 0.244 e. The molecule has 0 aliphatic heterocycles. The maximum atomic E-state index is 5.47. The van der Waals surface area contributed by atoms with Gasteiger partial charge in [-0.3, -0.25) is 0 Å². The molecule has 0 aliphatic rings. The molecule has 11 heavy (non-hydrogen) atoms. The molecule has 0 aliphatic carbocycles. The van der Waals surface area contributed by atoms with E-state index in [9.17, 15) is 0 Å². The zero-order valence-electron chi connectivity index (χ0n) is 7.00. The molecular weight excluding hydrogens is 142 g/mol. The first-order valence-electron chi connectivity index (χ1n) is 3.52. The molecule has 3 N–H and O–H groups in total. The van der Waals surface area contributed by atoms with Crippen LogP contribution in [0.15, 0.2) is 0 Å². The van der Waals surface area contributed by atoms with Crippen LogP contribution in [0.1, 0.15) is 13.8 Å². The summed E-state index contributed by atoms with van der Waals surface area (Å²) < 4.78 is 1.53. The van der Waals surface area contributed by atoms with E-state index in [2.05, 4.69) is 15.4 Å². The van der Waals surface area contributed by atoms with Gasteiger partial charge in [0.05, 0.1) is 0 Å². The highest BCUT2D eigenvalue weighted by molar-refractivity contribution is 5.31. The molecule has 0 saturated carbocycles.